The molecule has 0 radical (unpaired) electrons. The van der Waals surface area contributed by atoms with E-state index in [1.165, 1.54) is 5.56 Å². The summed E-state index contributed by atoms with van der Waals surface area (Å²) in [5.41, 5.74) is 1.51. The van der Waals surface area contributed by atoms with Crippen LogP contribution in [0.4, 0.5) is 0 Å². The van der Waals surface area contributed by atoms with Gasteiger partial charge in [-0.15, -0.1) is 0 Å². The summed E-state index contributed by atoms with van der Waals surface area (Å²) < 4.78 is 28.1. The van der Waals surface area contributed by atoms with Gasteiger partial charge in [0, 0.05) is 12.3 Å². The summed E-state index contributed by atoms with van der Waals surface area (Å²) in [5.74, 6) is 0.222. The molecule has 0 aromatic heterocycles. The van der Waals surface area contributed by atoms with E-state index in [0.717, 1.165) is 11.8 Å². The van der Waals surface area contributed by atoms with Gasteiger partial charge in [-0.3, -0.25) is 4.18 Å². The van der Waals surface area contributed by atoms with Gasteiger partial charge < -0.3 is 0 Å². The fourth-order valence-corrected chi connectivity index (χ4v) is 3.40. The Morgan fingerprint density at radius 2 is 1.89 bits per heavy atom. The highest BCUT2D eigenvalue weighted by molar-refractivity contribution is 7.86. The van der Waals surface area contributed by atoms with Gasteiger partial charge in [-0.1, -0.05) is 48.6 Å². The van der Waals surface area contributed by atoms with E-state index in [1.807, 2.05) is 42.5 Å². The Bertz CT molecular complexity index is 627. The highest BCUT2D eigenvalue weighted by Crippen LogP contribution is 2.38. The van der Waals surface area contributed by atoms with Crippen LogP contribution in [-0.2, 0) is 20.7 Å². The minimum absolute atomic E-state index is 0.222. The molecule has 0 amide bonds. The Morgan fingerprint density at radius 3 is 2.56 bits per heavy atom. The quantitative estimate of drug-likeness (QED) is 0.606. The van der Waals surface area contributed by atoms with Crippen molar-refractivity contribution in [1.29, 1.82) is 0 Å². The Balaban J connectivity index is 2.09. The Kier molecular flexibility index (Phi) is 2.47. The maximum atomic E-state index is 11.4. The third-order valence-corrected chi connectivity index (χ3v) is 3.97. The van der Waals surface area contributed by atoms with Crippen molar-refractivity contribution >= 4 is 10.1 Å². The van der Waals surface area contributed by atoms with Crippen LogP contribution in [0.2, 0.25) is 0 Å². The molecular weight excluding hydrogens is 248 g/mol. The van der Waals surface area contributed by atoms with Gasteiger partial charge in [0.15, 0.2) is 0 Å². The monoisotopic (exact) mass is 262 g/mol. The van der Waals surface area contributed by atoms with Crippen LogP contribution in [0.5, 0.6) is 0 Å². The molecule has 4 heteroatoms. The fraction of sp³-hybridized carbons (Fsp3) is 0.286. The standard InChI is InChI=1S/C14H14O3S/c1-18(15,16)17-14-8-6-11(7-9-14)13-5-3-2-4-12(13)10-14/h2-9,11H,10H2,1H3. The molecule has 0 N–H and O–H groups in total. The van der Waals surface area contributed by atoms with Crippen molar-refractivity contribution in [1.82, 2.24) is 0 Å². The molecular formula is C14H14O3S. The maximum absolute atomic E-state index is 11.4. The molecule has 0 saturated heterocycles. The van der Waals surface area contributed by atoms with Crippen LogP contribution in [0, 0.1) is 0 Å². The molecule has 94 valence electrons. The third kappa shape index (κ3) is 2.02. The molecule has 2 bridgehead atoms. The van der Waals surface area contributed by atoms with E-state index in [1.54, 1.807) is 0 Å². The Labute approximate surface area is 107 Å². The van der Waals surface area contributed by atoms with Crippen LogP contribution in [-0.4, -0.2) is 20.3 Å². The van der Waals surface area contributed by atoms with Gasteiger partial charge in [-0.25, -0.2) is 0 Å². The number of benzene rings is 1. The molecule has 1 aromatic carbocycles. The predicted molar refractivity (Wildman–Crippen MR) is 69.8 cm³/mol. The summed E-state index contributed by atoms with van der Waals surface area (Å²) in [6.45, 7) is 0. The molecule has 3 aliphatic carbocycles. The highest BCUT2D eigenvalue weighted by atomic mass is 32.2. The predicted octanol–water partition coefficient (Wildman–Crippen LogP) is 2.17. The van der Waals surface area contributed by atoms with Gasteiger partial charge in [-0.05, 0) is 11.1 Å². The van der Waals surface area contributed by atoms with Crippen LogP contribution in [0.15, 0.2) is 48.6 Å². The molecule has 3 nitrogen and oxygen atoms in total. The van der Waals surface area contributed by atoms with Gasteiger partial charge in [0.2, 0.25) is 0 Å². The van der Waals surface area contributed by atoms with E-state index >= 15 is 0 Å². The van der Waals surface area contributed by atoms with Crippen molar-refractivity contribution in [3.63, 3.8) is 0 Å². The van der Waals surface area contributed by atoms with E-state index in [2.05, 4.69) is 6.07 Å². The second-order valence-corrected chi connectivity index (χ2v) is 6.44. The van der Waals surface area contributed by atoms with Gasteiger partial charge >= 0.3 is 0 Å². The zero-order valence-corrected chi connectivity index (χ0v) is 10.9. The lowest BCUT2D eigenvalue weighted by atomic mass is 9.93. The second kappa shape index (κ2) is 3.80. The van der Waals surface area contributed by atoms with Crippen molar-refractivity contribution in [3.05, 3.63) is 59.7 Å². The smallest absolute Gasteiger partial charge is 0.255 e. The molecule has 18 heavy (non-hydrogen) atoms. The average molecular weight is 262 g/mol. The van der Waals surface area contributed by atoms with Crippen molar-refractivity contribution in [2.45, 2.75) is 17.9 Å². The normalized spacial score (nSPS) is 29.1. The minimum atomic E-state index is -3.49. The topological polar surface area (TPSA) is 43.4 Å². The van der Waals surface area contributed by atoms with Crippen molar-refractivity contribution in [2.75, 3.05) is 6.26 Å². The molecule has 0 atom stereocenters. The number of rotatable bonds is 2. The molecule has 0 aliphatic heterocycles. The summed E-state index contributed by atoms with van der Waals surface area (Å²) in [5, 5.41) is 0. The molecule has 0 saturated carbocycles. The summed E-state index contributed by atoms with van der Waals surface area (Å²) >= 11 is 0. The number of allylic oxidation sites excluding steroid dienone is 2. The van der Waals surface area contributed by atoms with Gasteiger partial charge in [0.1, 0.15) is 5.60 Å². The fourth-order valence-electron chi connectivity index (χ4n) is 2.66. The lowest BCUT2D eigenvalue weighted by Crippen LogP contribution is -2.33. The molecule has 3 aliphatic rings. The molecule has 0 fully saturated rings. The number of hydrogen-bond donors (Lipinski definition) is 0. The van der Waals surface area contributed by atoms with E-state index in [-0.39, 0.29) is 5.92 Å². The summed E-state index contributed by atoms with van der Waals surface area (Å²) in [4.78, 5) is 0. The summed E-state index contributed by atoms with van der Waals surface area (Å²) in [7, 11) is -3.49. The molecule has 1 aromatic rings. The first-order valence-corrected chi connectivity index (χ1v) is 7.66. The van der Waals surface area contributed by atoms with Gasteiger partial charge in [0.25, 0.3) is 10.1 Å². The highest BCUT2D eigenvalue weighted by Gasteiger charge is 2.36. The Morgan fingerprint density at radius 1 is 1.22 bits per heavy atom. The molecule has 4 rings (SSSR count). The zero-order chi connectivity index (χ0) is 12.8. The van der Waals surface area contributed by atoms with E-state index < -0.39 is 15.7 Å². The van der Waals surface area contributed by atoms with E-state index in [4.69, 9.17) is 4.18 Å². The first-order chi connectivity index (χ1) is 8.48. The lowest BCUT2D eigenvalue weighted by Gasteiger charge is -2.26. The van der Waals surface area contributed by atoms with Crippen LogP contribution in [0.1, 0.15) is 17.0 Å². The first kappa shape index (κ1) is 11.7. The van der Waals surface area contributed by atoms with Crippen molar-refractivity contribution < 1.29 is 12.6 Å². The molecule has 0 unspecified atom stereocenters. The minimum Gasteiger partial charge on any atom is -0.255 e. The largest absolute Gasteiger partial charge is 0.265 e. The molecule has 0 heterocycles. The maximum Gasteiger partial charge on any atom is 0.265 e. The van der Waals surface area contributed by atoms with Crippen molar-refractivity contribution in [3.8, 4) is 0 Å². The Hall–Kier alpha value is -1.39. The molecule has 0 spiro atoms. The van der Waals surface area contributed by atoms with Crippen LogP contribution < -0.4 is 0 Å². The average Bonchev–Trinajstić information content (AvgIpc) is 2.52. The first-order valence-electron chi connectivity index (χ1n) is 5.85. The van der Waals surface area contributed by atoms with Gasteiger partial charge in [0.05, 0.1) is 6.26 Å². The van der Waals surface area contributed by atoms with Crippen LogP contribution >= 0.6 is 0 Å². The summed E-state index contributed by atoms with van der Waals surface area (Å²) in [6.07, 6.45) is 9.39. The number of hydrogen-bond acceptors (Lipinski definition) is 3. The van der Waals surface area contributed by atoms with Crippen molar-refractivity contribution in [2.24, 2.45) is 0 Å². The van der Waals surface area contributed by atoms with Crippen LogP contribution in [0.25, 0.3) is 0 Å². The van der Waals surface area contributed by atoms with Gasteiger partial charge in [-0.2, -0.15) is 8.42 Å². The second-order valence-electron chi connectivity index (χ2n) is 4.86. The van der Waals surface area contributed by atoms with E-state index in [9.17, 15) is 8.42 Å². The summed E-state index contributed by atoms with van der Waals surface area (Å²) in [6, 6.07) is 8.08. The van der Waals surface area contributed by atoms with E-state index in [0.29, 0.717) is 6.42 Å². The van der Waals surface area contributed by atoms with Crippen LogP contribution in [0.3, 0.4) is 0 Å². The SMILES string of the molecule is CS(=O)(=O)OC12C=CC(C=C1)c1ccccc1C2. The lowest BCUT2D eigenvalue weighted by molar-refractivity contribution is 0.181. The third-order valence-electron chi connectivity index (χ3n) is 3.36. The zero-order valence-electron chi connectivity index (χ0n) is 10.0.